The third-order valence-corrected chi connectivity index (χ3v) is 5.56. The monoisotopic (exact) mass is 478 g/mol. The van der Waals surface area contributed by atoms with Gasteiger partial charge in [0.2, 0.25) is 0 Å². The molecule has 0 aromatic heterocycles. The highest BCUT2D eigenvalue weighted by Gasteiger charge is 2.14. The second kappa shape index (κ2) is 11.0. The van der Waals surface area contributed by atoms with E-state index in [9.17, 15) is 14.7 Å². The normalized spacial score (nSPS) is 11.4. The predicted octanol–water partition coefficient (Wildman–Crippen LogP) is 4.53. The van der Waals surface area contributed by atoms with Crippen LogP contribution in [-0.2, 0) is 4.79 Å². The van der Waals surface area contributed by atoms with Gasteiger partial charge in [0.25, 0.3) is 11.8 Å². The van der Waals surface area contributed by atoms with Crippen molar-refractivity contribution in [3.8, 4) is 5.75 Å². The zero-order valence-corrected chi connectivity index (χ0v) is 20.0. The number of fused-ring (bicyclic) bond motifs is 1. The Labute approximate surface area is 209 Å². The van der Waals surface area contributed by atoms with Crippen molar-refractivity contribution in [2.24, 2.45) is 5.10 Å². The second-order valence-electron chi connectivity index (χ2n) is 8.28. The number of anilines is 1. The smallest absolute Gasteiger partial charge is 0.287 e. The van der Waals surface area contributed by atoms with Crippen LogP contribution in [0.5, 0.6) is 5.75 Å². The molecular formula is C29H26N4O3. The van der Waals surface area contributed by atoms with E-state index in [-0.39, 0.29) is 11.4 Å². The molecule has 7 nitrogen and oxygen atoms in total. The predicted molar refractivity (Wildman–Crippen MR) is 144 cm³/mol. The van der Waals surface area contributed by atoms with Crippen molar-refractivity contribution >= 4 is 40.6 Å². The van der Waals surface area contributed by atoms with Crippen LogP contribution >= 0.6 is 0 Å². The van der Waals surface area contributed by atoms with E-state index in [1.54, 1.807) is 36.4 Å². The molecule has 4 rings (SSSR count). The van der Waals surface area contributed by atoms with Gasteiger partial charge in [-0.15, -0.1) is 0 Å². The summed E-state index contributed by atoms with van der Waals surface area (Å²) < 4.78 is 0. The summed E-state index contributed by atoms with van der Waals surface area (Å²) >= 11 is 0. The number of nitrogens with zero attached hydrogens (tertiary/aromatic N) is 2. The van der Waals surface area contributed by atoms with Crippen LogP contribution in [0.15, 0.2) is 102 Å². The van der Waals surface area contributed by atoms with Gasteiger partial charge in [-0.2, -0.15) is 5.10 Å². The average molecular weight is 479 g/mol. The highest BCUT2D eigenvalue weighted by molar-refractivity contribution is 6.06. The third kappa shape index (κ3) is 5.77. The number of carbonyl (C=O) groups excluding carboxylic acids is 2. The molecule has 4 aromatic carbocycles. The van der Waals surface area contributed by atoms with Gasteiger partial charge in [-0.25, -0.2) is 5.43 Å². The first-order valence-electron chi connectivity index (χ1n) is 11.3. The Kier molecular flexibility index (Phi) is 7.41. The molecule has 3 N–H and O–H groups in total. The van der Waals surface area contributed by atoms with E-state index in [0.29, 0.717) is 11.1 Å². The van der Waals surface area contributed by atoms with Gasteiger partial charge in [0.15, 0.2) is 0 Å². The molecule has 0 spiro atoms. The van der Waals surface area contributed by atoms with Crippen molar-refractivity contribution in [3.63, 3.8) is 0 Å². The van der Waals surface area contributed by atoms with Gasteiger partial charge < -0.3 is 15.3 Å². The third-order valence-electron chi connectivity index (χ3n) is 5.56. The van der Waals surface area contributed by atoms with Crippen molar-refractivity contribution in [1.29, 1.82) is 0 Å². The van der Waals surface area contributed by atoms with Crippen molar-refractivity contribution in [2.75, 3.05) is 19.0 Å². The highest BCUT2D eigenvalue weighted by atomic mass is 16.3. The maximum absolute atomic E-state index is 13.0. The SMILES string of the molecule is CN(C)c1ccc(C=C(NC(=O)c2ccccc2)C(=O)NN=Cc2c(O)ccc3ccccc23)cc1. The van der Waals surface area contributed by atoms with Crippen LogP contribution < -0.4 is 15.6 Å². The van der Waals surface area contributed by atoms with Crippen LogP contribution in [0.25, 0.3) is 16.8 Å². The fraction of sp³-hybridized carbons (Fsp3) is 0.0690. The van der Waals surface area contributed by atoms with Gasteiger partial charge in [0, 0.05) is 30.9 Å². The molecule has 0 heterocycles. The molecular weight excluding hydrogens is 452 g/mol. The first kappa shape index (κ1) is 24.2. The number of amides is 2. The lowest BCUT2D eigenvalue weighted by molar-refractivity contribution is -0.117. The lowest BCUT2D eigenvalue weighted by Gasteiger charge is -2.13. The standard InChI is InChI=1S/C29H26N4O3/c1-33(2)23-15-12-20(13-16-23)18-26(31-28(35)22-9-4-3-5-10-22)29(36)32-30-19-25-24-11-7-6-8-21(24)14-17-27(25)34/h3-19,34H,1-2H3,(H,31,35)(H,32,36). The minimum absolute atomic E-state index is 0.0285. The Balaban J connectivity index is 1.59. The number of aromatic hydroxyl groups is 1. The number of rotatable bonds is 7. The first-order valence-corrected chi connectivity index (χ1v) is 11.3. The molecule has 0 fully saturated rings. The lowest BCUT2D eigenvalue weighted by Crippen LogP contribution is -2.32. The first-order chi connectivity index (χ1) is 17.4. The minimum atomic E-state index is -0.605. The summed E-state index contributed by atoms with van der Waals surface area (Å²) in [6.45, 7) is 0. The Morgan fingerprint density at radius 2 is 1.56 bits per heavy atom. The van der Waals surface area contributed by atoms with Gasteiger partial charge in [0.1, 0.15) is 11.4 Å². The summed E-state index contributed by atoms with van der Waals surface area (Å²) in [5, 5.41) is 18.8. The topological polar surface area (TPSA) is 94.0 Å². The molecule has 2 amide bonds. The molecule has 0 bridgehead atoms. The summed E-state index contributed by atoms with van der Waals surface area (Å²) in [6.07, 6.45) is 2.97. The van der Waals surface area contributed by atoms with E-state index < -0.39 is 11.8 Å². The molecule has 0 aliphatic carbocycles. The maximum Gasteiger partial charge on any atom is 0.287 e. The number of carbonyl (C=O) groups is 2. The number of nitrogens with one attached hydrogen (secondary N) is 2. The van der Waals surface area contributed by atoms with Crippen LogP contribution in [0.3, 0.4) is 0 Å². The average Bonchev–Trinajstić information content (AvgIpc) is 2.90. The zero-order valence-electron chi connectivity index (χ0n) is 20.0. The molecule has 0 radical (unpaired) electrons. The zero-order chi connectivity index (χ0) is 25.5. The van der Waals surface area contributed by atoms with E-state index >= 15 is 0 Å². The van der Waals surface area contributed by atoms with E-state index in [1.807, 2.05) is 79.7 Å². The number of benzene rings is 4. The van der Waals surface area contributed by atoms with Crippen molar-refractivity contribution in [2.45, 2.75) is 0 Å². The molecule has 4 aromatic rings. The van der Waals surface area contributed by atoms with Crippen LogP contribution in [0.2, 0.25) is 0 Å². The largest absolute Gasteiger partial charge is 0.507 e. The highest BCUT2D eigenvalue weighted by Crippen LogP contribution is 2.25. The van der Waals surface area contributed by atoms with Gasteiger partial charge in [-0.05, 0) is 52.7 Å². The molecule has 0 unspecified atom stereocenters. The number of hydrazone groups is 1. The van der Waals surface area contributed by atoms with Crippen molar-refractivity contribution in [1.82, 2.24) is 10.7 Å². The molecule has 180 valence electrons. The molecule has 0 aliphatic heterocycles. The van der Waals surface area contributed by atoms with Crippen LogP contribution in [0, 0.1) is 0 Å². The van der Waals surface area contributed by atoms with Crippen LogP contribution in [-0.4, -0.2) is 37.2 Å². The Bertz CT molecular complexity index is 1440. The van der Waals surface area contributed by atoms with Crippen molar-refractivity contribution in [3.05, 3.63) is 113 Å². The van der Waals surface area contributed by atoms with Gasteiger partial charge in [-0.1, -0.05) is 60.7 Å². The van der Waals surface area contributed by atoms with E-state index in [1.165, 1.54) is 6.21 Å². The molecule has 0 saturated carbocycles. The van der Waals surface area contributed by atoms with Crippen LogP contribution in [0.1, 0.15) is 21.5 Å². The molecule has 0 atom stereocenters. The van der Waals surface area contributed by atoms with Gasteiger partial charge in [-0.3, -0.25) is 9.59 Å². The molecule has 7 heteroatoms. The van der Waals surface area contributed by atoms with E-state index in [4.69, 9.17) is 0 Å². The summed E-state index contributed by atoms with van der Waals surface area (Å²) in [4.78, 5) is 27.8. The van der Waals surface area contributed by atoms with E-state index in [0.717, 1.165) is 22.0 Å². The lowest BCUT2D eigenvalue weighted by atomic mass is 10.0. The molecule has 36 heavy (non-hydrogen) atoms. The number of phenolic OH excluding ortho intramolecular Hbond substituents is 1. The summed E-state index contributed by atoms with van der Waals surface area (Å²) in [5.41, 5.74) is 5.12. The Morgan fingerprint density at radius 3 is 2.28 bits per heavy atom. The molecule has 0 aliphatic rings. The Hall–Kier alpha value is -4.91. The van der Waals surface area contributed by atoms with Crippen LogP contribution in [0.4, 0.5) is 5.69 Å². The number of phenols is 1. The van der Waals surface area contributed by atoms with Gasteiger partial charge in [0.05, 0.1) is 6.21 Å². The van der Waals surface area contributed by atoms with Gasteiger partial charge >= 0.3 is 0 Å². The fourth-order valence-corrected chi connectivity index (χ4v) is 3.61. The fourth-order valence-electron chi connectivity index (χ4n) is 3.61. The quantitative estimate of drug-likeness (QED) is 0.207. The minimum Gasteiger partial charge on any atom is -0.507 e. The number of hydrogen-bond donors (Lipinski definition) is 3. The molecule has 0 saturated heterocycles. The summed E-state index contributed by atoms with van der Waals surface area (Å²) in [6, 6.07) is 27.1. The summed E-state index contributed by atoms with van der Waals surface area (Å²) in [7, 11) is 3.88. The Morgan fingerprint density at radius 1 is 0.861 bits per heavy atom. The maximum atomic E-state index is 13.0. The van der Waals surface area contributed by atoms with E-state index in [2.05, 4.69) is 15.8 Å². The summed E-state index contributed by atoms with van der Waals surface area (Å²) in [5.74, 6) is -0.981. The number of hydrogen-bond acceptors (Lipinski definition) is 5. The van der Waals surface area contributed by atoms with Crippen molar-refractivity contribution < 1.29 is 14.7 Å². The second-order valence-corrected chi connectivity index (χ2v) is 8.28.